The molecule has 0 heterocycles. The van der Waals surface area contributed by atoms with Crippen molar-refractivity contribution >= 4 is 37.8 Å². The number of carbonyl (C=O) groups excluding carboxylic acids is 1. The molecule has 0 spiro atoms. The Morgan fingerprint density at radius 3 is 2.55 bits per heavy atom. The second-order valence-corrected chi connectivity index (χ2v) is 7.37. The molecule has 20 heavy (non-hydrogen) atoms. The predicted molar refractivity (Wildman–Crippen MR) is 90.5 cm³/mol. The van der Waals surface area contributed by atoms with E-state index in [1.54, 1.807) is 0 Å². The number of nitrogens with one attached hydrogen (secondary N) is 1. The van der Waals surface area contributed by atoms with Crippen molar-refractivity contribution in [3.63, 3.8) is 0 Å². The summed E-state index contributed by atoms with van der Waals surface area (Å²) in [7, 11) is 0. The molecule has 1 amide bonds. The van der Waals surface area contributed by atoms with Crippen LogP contribution in [-0.2, 0) is 0 Å². The minimum absolute atomic E-state index is 0.0281. The van der Waals surface area contributed by atoms with E-state index in [-0.39, 0.29) is 11.3 Å². The average molecular weight is 403 g/mol. The molecule has 0 radical (unpaired) electrons. The molecule has 1 N–H and O–H groups in total. The number of aryl methyl sites for hydroxylation is 1. The molecule has 110 valence electrons. The van der Waals surface area contributed by atoms with E-state index in [0.29, 0.717) is 0 Å². The van der Waals surface area contributed by atoms with Crippen molar-refractivity contribution < 1.29 is 4.79 Å². The number of amides is 1. The standard InChI is InChI=1S/C16H21Br2NO/c1-12-7-13(9-14(18)8-12)15(20)19-11-16(10-17)5-3-2-4-6-16/h7-9H,2-6,10-11H2,1H3,(H,19,20). The van der Waals surface area contributed by atoms with E-state index in [1.807, 2.05) is 25.1 Å². The van der Waals surface area contributed by atoms with Crippen LogP contribution in [0.2, 0.25) is 0 Å². The van der Waals surface area contributed by atoms with Gasteiger partial charge in [0.25, 0.3) is 5.91 Å². The molecule has 1 aliphatic carbocycles. The van der Waals surface area contributed by atoms with E-state index < -0.39 is 0 Å². The van der Waals surface area contributed by atoms with Gasteiger partial charge in [0.05, 0.1) is 0 Å². The van der Waals surface area contributed by atoms with Gasteiger partial charge in [0, 0.05) is 21.9 Å². The highest BCUT2D eigenvalue weighted by molar-refractivity contribution is 9.10. The molecule has 2 nitrogen and oxygen atoms in total. The minimum atomic E-state index is 0.0281. The van der Waals surface area contributed by atoms with Crippen LogP contribution in [0.4, 0.5) is 0 Å². The third-order valence-electron chi connectivity index (χ3n) is 4.13. The SMILES string of the molecule is Cc1cc(Br)cc(C(=O)NCC2(CBr)CCCCC2)c1. The van der Waals surface area contributed by atoms with Gasteiger partial charge in [-0.25, -0.2) is 0 Å². The lowest BCUT2D eigenvalue weighted by Crippen LogP contribution is -2.40. The van der Waals surface area contributed by atoms with E-state index in [9.17, 15) is 4.79 Å². The third-order valence-corrected chi connectivity index (χ3v) is 5.77. The topological polar surface area (TPSA) is 29.1 Å². The first-order chi connectivity index (χ1) is 9.54. The first kappa shape index (κ1) is 16.0. The summed E-state index contributed by atoms with van der Waals surface area (Å²) >= 11 is 7.08. The zero-order valence-electron chi connectivity index (χ0n) is 11.8. The Balaban J connectivity index is 2.00. The van der Waals surface area contributed by atoms with Crippen molar-refractivity contribution in [1.82, 2.24) is 5.32 Å². The smallest absolute Gasteiger partial charge is 0.251 e. The summed E-state index contributed by atoms with van der Waals surface area (Å²) in [6, 6.07) is 5.82. The molecule has 1 aromatic rings. The highest BCUT2D eigenvalue weighted by atomic mass is 79.9. The van der Waals surface area contributed by atoms with Crippen LogP contribution in [-0.4, -0.2) is 17.8 Å². The predicted octanol–water partition coefficient (Wildman–Crippen LogP) is 4.83. The van der Waals surface area contributed by atoms with Gasteiger partial charge in [-0.3, -0.25) is 4.79 Å². The molecule has 2 rings (SSSR count). The normalized spacial score (nSPS) is 17.8. The van der Waals surface area contributed by atoms with Gasteiger partial charge < -0.3 is 5.32 Å². The summed E-state index contributed by atoms with van der Waals surface area (Å²) in [5.74, 6) is 0.0281. The highest BCUT2D eigenvalue weighted by Gasteiger charge is 2.31. The van der Waals surface area contributed by atoms with Crippen molar-refractivity contribution in [2.24, 2.45) is 5.41 Å². The Bertz CT molecular complexity index is 461. The van der Waals surface area contributed by atoms with Gasteiger partial charge in [-0.2, -0.15) is 0 Å². The summed E-state index contributed by atoms with van der Waals surface area (Å²) in [5, 5.41) is 4.10. The number of hydrogen-bond acceptors (Lipinski definition) is 1. The highest BCUT2D eigenvalue weighted by Crippen LogP contribution is 2.37. The maximum absolute atomic E-state index is 12.3. The number of benzene rings is 1. The minimum Gasteiger partial charge on any atom is -0.351 e. The second kappa shape index (κ2) is 7.08. The fourth-order valence-electron chi connectivity index (χ4n) is 2.90. The van der Waals surface area contributed by atoms with Crippen molar-refractivity contribution in [3.05, 3.63) is 33.8 Å². The van der Waals surface area contributed by atoms with Crippen molar-refractivity contribution in [2.75, 3.05) is 11.9 Å². The second-order valence-electron chi connectivity index (χ2n) is 5.89. The summed E-state index contributed by atoms with van der Waals surface area (Å²) in [6.45, 7) is 2.77. The molecule has 0 unspecified atom stereocenters. The van der Waals surface area contributed by atoms with E-state index in [4.69, 9.17) is 0 Å². The van der Waals surface area contributed by atoms with Gasteiger partial charge in [-0.05, 0) is 48.9 Å². The number of halogens is 2. The number of carbonyl (C=O) groups is 1. The van der Waals surface area contributed by atoms with Crippen LogP contribution in [0.1, 0.15) is 48.0 Å². The third kappa shape index (κ3) is 4.08. The first-order valence-corrected chi connectivity index (χ1v) is 9.07. The fraction of sp³-hybridized carbons (Fsp3) is 0.562. The first-order valence-electron chi connectivity index (χ1n) is 7.16. The largest absolute Gasteiger partial charge is 0.351 e. The van der Waals surface area contributed by atoms with Crippen molar-refractivity contribution in [2.45, 2.75) is 39.0 Å². The van der Waals surface area contributed by atoms with Crippen LogP contribution in [0.15, 0.2) is 22.7 Å². The Labute approximate surface area is 138 Å². The molecular formula is C16H21Br2NO. The molecule has 0 aromatic heterocycles. The number of alkyl halides is 1. The van der Waals surface area contributed by atoms with Crippen LogP contribution >= 0.6 is 31.9 Å². The quantitative estimate of drug-likeness (QED) is 0.717. The number of hydrogen-bond donors (Lipinski definition) is 1. The van der Waals surface area contributed by atoms with Crippen LogP contribution in [0.5, 0.6) is 0 Å². The van der Waals surface area contributed by atoms with Gasteiger partial charge in [-0.1, -0.05) is 51.1 Å². The lowest BCUT2D eigenvalue weighted by molar-refractivity contribution is 0.0922. The molecule has 0 bridgehead atoms. The van der Waals surface area contributed by atoms with Gasteiger partial charge in [0.1, 0.15) is 0 Å². The summed E-state index contributed by atoms with van der Waals surface area (Å²) in [4.78, 5) is 12.3. The van der Waals surface area contributed by atoms with Gasteiger partial charge >= 0.3 is 0 Å². The van der Waals surface area contributed by atoms with E-state index in [1.165, 1.54) is 32.1 Å². The Hall–Kier alpha value is -0.350. The molecule has 0 atom stereocenters. The maximum atomic E-state index is 12.3. The number of rotatable bonds is 4. The molecule has 1 saturated carbocycles. The molecule has 1 fully saturated rings. The Morgan fingerprint density at radius 2 is 1.95 bits per heavy atom. The van der Waals surface area contributed by atoms with Crippen molar-refractivity contribution in [1.29, 1.82) is 0 Å². The summed E-state index contributed by atoms with van der Waals surface area (Å²) < 4.78 is 0.954. The Morgan fingerprint density at radius 1 is 1.25 bits per heavy atom. The van der Waals surface area contributed by atoms with Crippen molar-refractivity contribution in [3.8, 4) is 0 Å². The van der Waals surface area contributed by atoms with E-state index in [0.717, 1.165) is 27.5 Å². The molecule has 0 saturated heterocycles. The van der Waals surface area contributed by atoms with E-state index >= 15 is 0 Å². The molecule has 1 aliphatic rings. The van der Waals surface area contributed by atoms with Crippen LogP contribution in [0.3, 0.4) is 0 Å². The van der Waals surface area contributed by atoms with Gasteiger partial charge in [0.2, 0.25) is 0 Å². The zero-order chi connectivity index (χ0) is 14.6. The van der Waals surface area contributed by atoms with E-state index in [2.05, 4.69) is 37.2 Å². The maximum Gasteiger partial charge on any atom is 0.251 e. The Kier molecular flexibility index (Phi) is 5.67. The molecular weight excluding hydrogens is 382 g/mol. The monoisotopic (exact) mass is 401 g/mol. The molecule has 4 heteroatoms. The summed E-state index contributed by atoms with van der Waals surface area (Å²) in [6.07, 6.45) is 6.29. The lowest BCUT2D eigenvalue weighted by Gasteiger charge is -2.35. The van der Waals surface area contributed by atoms with Crippen LogP contribution in [0, 0.1) is 12.3 Å². The average Bonchev–Trinajstić information content (AvgIpc) is 2.45. The van der Waals surface area contributed by atoms with Crippen LogP contribution in [0.25, 0.3) is 0 Å². The van der Waals surface area contributed by atoms with Gasteiger partial charge in [-0.15, -0.1) is 0 Å². The molecule has 0 aliphatic heterocycles. The zero-order valence-corrected chi connectivity index (χ0v) is 15.0. The van der Waals surface area contributed by atoms with Gasteiger partial charge in [0.15, 0.2) is 0 Å². The van der Waals surface area contributed by atoms with Crippen LogP contribution < -0.4 is 5.32 Å². The summed E-state index contributed by atoms with van der Waals surface area (Å²) in [5.41, 5.74) is 2.07. The lowest BCUT2D eigenvalue weighted by atomic mass is 9.75. The molecule has 1 aromatic carbocycles. The fourth-order valence-corrected chi connectivity index (χ4v) is 4.26.